The van der Waals surface area contributed by atoms with Crippen molar-refractivity contribution in [2.75, 3.05) is 26.7 Å². The van der Waals surface area contributed by atoms with Gasteiger partial charge in [-0.05, 0) is 57.3 Å². The standard InChI is InChI=1S/C20H31N3O/c1-22-13-11-19(12-14-22)23(16-18-9-3-2-4-10-18)20(24)21-15-17-7-5-6-8-17/h2-4,9-10,17,19H,5-8,11-16H2,1H3,(H,21,24). The fraction of sp³-hybridized carbons (Fsp3) is 0.650. The van der Waals surface area contributed by atoms with E-state index in [2.05, 4.69) is 46.4 Å². The van der Waals surface area contributed by atoms with Crippen LogP contribution in [0.4, 0.5) is 4.79 Å². The van der Waals surface area contributed by atoms with Gasteiger partial charge in [0.15, 0.2) is 0 Å². The Hall–Kier alpha value is -1.55. The van der Waals surface area contributed by atoms with E-state index in [1.165, 1.54) is 31.2 Å². The number of nitrogens with zero attached hydrogens (tertiary/aromatic N) is 2. The Balaban J connectivity index is 1.62. The summed E-state index contributed by atoms with van der Waals surface area (Å²) in [6.07, 6.45) is 7.33. The number of rotatable bonds is 5. The van der Waals surface area contributed by atoms with Gasteiger partial charge in [0, 0.05) is 19.1 Å². The zero-order chi connectivity index (χ0) is 16.8. The molecule has 0 unspecified atom stereocenters. The Morgan fingerprint density at radius 3 is 2.46 bits per heavy atom. The Labute approximate surface area is 146 Å². The number of carbonyl (C=O) groups is 1. The molecule has 1 aliphatic heterocycles. The highest BCUT2D eigenvalue weighted by molar-refractivity contribution is 5.74. The van der Waals surface area contributed by atoms with E-state index in [0.29, 0.717) is 18.5 Å². The van der Waals surface area contributed by atoms with E-state index in [1.807, 2.05) is 6.07 Å². The van der Waals surface area contributed by atoms with Crippen LogP contribution in [0.5, 0.6) is 0 Å². The summed E-state index contributed by atoms with van der Waals surface area (Å²) in [6.45, 7) is 3.71. The molecule has 24 heavy (non-hydrogen) atoms. The van der Waals surface area contributed by atoms with Gasteiger partial charge >= 0.3 is 6.03 Å². The van der Waals surface area contributed by atoms with Crippen molar-refractivity contribution in [1.29, 1.82) is 0 Å². The Kier molecular flexibility index (Phi) is 6.13. The van der Waals surface area contributed by atoms with Gasteiger partial charge in [0.2, 0.25) is 0 Å². The molecule has 0 spiro atoms. The smallest absolute Gasteiger partial charge is 0.317 e. The van der Waals surface area contributed by atoms with Crippen molar-refractivity contribution in [2.24, 2.45) is 5.92 Å². The molecule has 0 bridgehead atoms. The number of piperidine rings is 1. The zero-order valence-corrected chi connectivity index (χ0v) is 14.9. The molecule has 4 heteroatoms. The number of urea groups is 1. The second kappa shape index (κ2) is 8.52. The highest BCUT2D eigenvalue weighted by Gasteiger charge is 2.27. The molecule has 1 aliphatic carbocycles. The topological polar surface area (TPSA) is 35.6 Å². The molecular formula is C20H31N3O. The monoisotopic (exact) mass is 329 g/mol. The molecule has 1 aromatic rings. The van der Waals surface area contributed by atoms with E-state index in [1.54, 1.807) is 0 Å². The van der Waals surface area contributed by atoms with Gasteiger partial charge in [0.1, 0.15) is 0 Å². The van der Waals surface area contributed by atoms with Crippen molar-refractivity contribution in [3.05, 3.63) is 35.9 Å². The molecule has 0 atom stereocenters. The van der Waals surface area contributed by atoms with Crippen molar-refractivity contribution in [3.8, 4) is 0 Å². The lowest BCUT2D eigenvalue weighted by Crippen LogP contribution is -2.50. The third-order valence-corrected chi connectivity index (χ3v) is 5.60. The predicted octanol–water partition coefficient (Wildman–Crippen LogP) is 3.48. The number of carbonyl (C=O) groups excluding carboxylic acids is 1. The van der Waals surface area contributed by atoms with Crippen molar-refractivity contribution in [2.45, 2.75) is 51.1 Å². The van der Waals surface area contributed by atoms with Crippen LogP contribution in [0.3, 0.4) is 0 Å². The number of hydrogen-bond donors (Lipinski definition) is 1. The lowest BCUT2D eigenvalue weighted by atomic mass is 10.0. The average Bonchev–Trinajstić information content (AvgIpc) is 3.13. The van der Waals surface area contributed by atoms with Crippen LogP contribution in [0.15, 0.2) is 30.3 Å². The van der Waals surface area contributed by atoms with Gasteiger partial charge in [-0.1, -0.05) is 43.2 Å². The molecule has 3 rings (SSSR count). The number of nitrogens with one attached hydrogen (secondary N) is 1. The maximum Gasteiger partial charge on any atom is 0.317 e. The van der Waals surface area contributed by atoms with Gasteiger partial charge < -0.3 is 15.1 Å². The van der Waals surface area contributed by atoms with Crippen LogP contribution >= 0.6 is 0 Å². The van der Waals surface area contributed by atoms with E-state index in [0.717, 1.165) is 32.5 Å². The van der Waals surface area contributed by atoms with Gasteiger partial charge in [-0.3, -0.25) is 0 Å². The second-order valence-electron chi connectivity index (χ2n) is 7.48. The lowest BCUT2D eigenvalue weighted by molar-refractivity contribution is 0.126. The third-order valence-electron chi connectivity index (χ3n) is 5.60. The summed E-state index contributed by atoms with van der Waals surface area (Å²) >= 11 is 0. The first-order chi connectivity index (χ1) is 11.7. The van der Waals surface area contributed by atoms with Gasteiger partial charge in [-0.15, -0.1) is 0 Å². The Morgan fingerprint density at radius 1 is 1.12 bits per heavy atom. The van der Waals surface area contributed by atoms with Crippen LogP contribution < -0.4 is 5.32 Å². The molecule has 1 aromatic carbocycles. The molecule has 132 valence electrons. The summed E-state index contributed by atoms with van der Waals surface area (Å²) in [5, 5.41) is 3.23. The quantitative estimate of drug-likeness (QED) is 0.897. The summed E-state index contributed by atoms with van der Waals surface area (Å²) in [5.41, 5.74) is 1.22. The second-order valence-corrected chi connectivity index (χ2v) is 7.48. The highest BCUT2D eigenvalue weighted by atomic mass is 16.2. The van der Waals surface area contributed by atoms with Crippen LogP contribution in [-0.4, -0.2) is 48.6 Å². The van der Waals surface area contributed by atoms with Crippen molar-refractivity contribution in [1.82, 2.24) is 15.1 Å². The number of hydrogen-bond acceptors (Lipinski definition) is 2. The summed E-state index contributed by atoms with van der Waals surface area (Å²) < 4.78 is 0. The van der Waals surface area contributed by atoms with E-state index >= 15 is 0 Å². The minimum atomic E-state index is 0.125. The summed E-state index contributed by atoms with van der Waals surface area (Å²) in [5.74, 6) is 0.685. The molecule has 4 nitrogen and oxygen atoms in total. The first kappa shape index (κ1) is 17.3. The van der Waals surface area contributed by atoms with Gasteiger partial charge in [0.05, 0.1) is 0 Å². The largest absolute Gasteiger partial charge is 0.338 e. The van der Waals surface area contributed by atoms with Crippen LogP contribution in [0, 0.1) is 5.92 Å². The molecule has 2 aliphatic rings. The van der Waals surface area contributed by atoms with Gasteiger partial charge in [-0.2, -0.15) is 0 Å². The minimum Gasteiger partial charge on any atom is -0.338 e. The Morgan fingerprint density at radius 2 is 1.79 bits per heavy atom. The fourth-order valence-corrected chi connectivity index (χ4v) is 4.00. The van der Waals surface area contributed by atoms with Gasteiger partial charge in [0.25, 0.3) is 0 Å². The summed E-state index contributed by atoms with van der Waals surface area (Å²) in [4.78, 5) is 17.3. The first-order valence-corrected chi connectivity index (χ1v) is 9.49. The van der Waals surface area contributed by atoms with E-state index in [-0.39, 0.29) is 6.03 Å². The van der Waals surface area contributed by atoms with Crippen molar-refractivity contribution >= 4 is 6.03 Å². The summed E-state index contributed by atoms with van der Waals surface area (Å²) in [7, 11) is 2.16. The number of likely N-dealkylation sites (tertiary alicyclic amines) is 1. The lowest BCUT2D eigenvalue weighted by Gasteiger charge is -2.37. The average molecular weight is 329 g/mol. The summed E-state index contributed by atoms with van der Waals surface area (Å²) in [6, 6.07) is 10.9. The van der Waals surface area contributed by atoms with Crippen molar-refractivity contribution < 1.29 is 4.79 Å². The van der Waals surface area contributed by atoms with Crippen LogP contribution in [-0.2, 0) is 6.54 Å². The fourth-order valence-electron chi connectivity index (χ4n) is 4.00. The van der Waals surface area contributed by atoms with Crippen LogP contribution in [0.25, 0.3) is 0 Å². The maximum absolute atomic E-state index is 12.9. The number of benzene rings is 1. The van der Waals surface area contributed by atoms with Crippen molar-refractivity contribution in [3.63, 3.8) is 0 Å². The predicted molar refractivity (Wildman–Crippen MR) is 97.9 cm³/mol. The Bertz CT molecular complexity index is 505. The highest BCUT2D eigenvalue weighted by Crippen LogP contribution is 2.24. The SMILES string of the molecule is CN1CCC(N(Cc2ccccc2)C(=O)NCC2CCCC2)CC1. The molecule has 0 radical (unpaired) electrons. The molecule has 2 amide bonds. The molecule has 1 N–H and O–H groups in total. The normalized spacial score (nSPS) is 20.2. The molecule has 1 saturated carbocycles. The van der Waals surface area contributed by atoms with E-state index in [4.69, 9.17) is 0 Å². The minimum absolute atomic E-state index is 0.125. The number of amides is 2. The third kappa shape index (κ3) is 4.73. The van der Waals surface area contributed by atoms with Gasteiger partial charge in [-0.25, -0.2) is 4.79 Å². The van der Waals surface area contributed by atoms with Crippen LogP contribution in [0.2, 0.25) is 0 Å². The molecular weight excluding hydrogens is 298 g/mol. The molecule has 2 fully saturated rings. The van der Waals surface area contributed by atoms with E-state index in [9.17, 15) is 4.79 Å². The zero-order valence-electron chi connectivity index (χ0n) is 14.9. The molecule has 0 aromatic heterocycles. The van der Waals surface area contributed by atoms with E-state index < -0.39 is 0 Å². The molecule has 1 heterocycles. The first-order valence-electron chi connectivity index (χ1n) is 9.49. The maximum atomic E-state index is 12.9. The van der Waals surface area contributed by atoms with Crippen LogP contribution in [0.1, 0.15) is 44.1 Å². The molecule has 1 saturated heterocycles.